The Kier molecular flexibility index (Phi) is 3.68. The maximum Gasteiger partial charge on any atom is 0.325 e. The summed E-state index contributed by atoms with van der Waals surface area (Å²) in [6.45, 7) is 3.44. The number of amides is 4. The quantitative estimate of drug-likeness (QED) is 0.825. The molecule has 0 aromatic carbocycles. The number of nitrogens with zero attached hydrogens (tertiary/aromatic N) is 1. The second kappa shape index (κ2) is 5.39. The lowest BCUT2D eigenvalue weighted by molar-refractivity contribution is -0.135. The first-order valence-corrected chi connectivity index (χ1v) is 8.32. The van der Waals surface area contributed by atoms with Gasteiger partial charge >= 0.3 is 6.03 Å². The molecule has 0 unspecified atom stereocenters. The van der Waals surface area contributed by atoms with Crippen LogP contribution in [0.5, 0.6) is 0 Å². The van der Waals surface area contributed by atoms with Crippen LogP contribution in [0.2, 0.25) is 0 Å². The van der Waals surface area contributed by atoms with Gasteiger partial charge < -0.3 is 10.6 Å². The van der Waals surface area contributed by atoms with E-state index in [0.29, 0.717) is 6.42 Å². The molecule has 1 spiro atoms. The van der Waals surface area contributed by atoms with Crippen molar-refractivity contribution in [3.63, 3.8) is 0 Å². The average Bonchev–Trinajstić information content (AvgIpc) is 2.99. The second-order valence-corrected chi connectivity index (χ2v) is 7.06. The molecule has 2 N–H and O–H groups in total. The van der Waals surface area contributed by atoms with E-state index in [1.165, 1.54) is 0 Å². The molecular weight excluding hydrogens is 302 g/mol. The van der Waals surface area contributed by atoms with E-state index in [1.807, 2.05) is 25.3 Å². The number of thiophene rings is 1. The Hall–Kier alpha value is -1.89. The predicted molar refractivity (Wildman–Crippen MR) is 82.5 cm³/mol. The van der Waals surface area contributed by atoms with Crippen molar-refractivity contribution >= 4 is 29.2 Å². The van der Waals surface area contributed by atoms with Gasteiger partial charge in [-0.1, -0.05) is 0 Å². The van der Waals surface area contributed by atoms with Crippen LogP contribution < -0.4 is 10.6 Å². The first kappa shape index (κ1) is 15.0. The molecule has 1 fully saturated rings. The lowest BCUT2D eigenvalue weighted by Gasteiger charge is -2.31. The van der Waals surface area contributed by atoms with Gasteiger partial charge in [-0.25, -0.2) is 4.79 Å². The van der Waals surface area contributed by atoms with Crippen LogP contribution in [-0.2, 0) is 21.5 Å². The Morgan fingerprint density at radius 3 is 3.00 bits per heavy atom. The highest BCUT2D eigenvalue weighted by Gasteiger charge is 2.54. The van der Waals surface area contributed by atoms with E-state index in [1.54, 1.807) is 11.3 Å². The lowest BCUT2D eigenvalue weighted by Crippen LogP contribution is -2.47. The van der Waals surface area contributed by atoms with E-state index in [2.05, 4.69) is 10.6 Å². The SMILES string of the molecule is CC(C)NC(=O)CN1C(=O)N[C@@]2(CCCc3sccc32)C1=O. The fraction of sp³-hybridized carbons (Fsp3) is 0.533. The van der Waals surface area contributed by atoms with Crippen molar-refractivity contribution in [3.8, 4) is 0 Å². The number of carbonyl (C=O) groups is 3. The Labute approximate surface area is 132 Å². The summed E-state index contributed by atoms with van der Waals surface area (Å²) < 4.78 is 0. The minimum atomic E-state index is -0.969. The number of rotatable bonds is 3. The summed E-state index contributed by atoms with van der Waals surface area (Å²) in [5, 5.41) is 7.49. The molecule has 4 amide bonds. The van der Waals surface area contributed by atoms with Gasteiger partial charge in [-0.3, -0.25) is 14.5 Å². The molecule has 118 valence electrons. The molecule has 6 nitrogen and oxygen atoms in total. The lowest BCUT2D eigenvalue weighted by atomic mass is 9.80. The van der Waals surface area contributed by atoms with Crippen molar-refractivity contribution in [1.82, 2.24) is 15.5 Å². The van der Waals surface area contributed by atoms with Crippen LogP contribution in [0.25, 0.3) is 0 Å². The number of fused-ring (bicyclic) bond motifs is 2. The number of nitrogens with one attached hydrogen (secondary N) is 2. The molecule has 2 heterocycles. The van der Waals surface area contributed by atoms with Crippen molar-refractivity contribution in [3.05, 3.63) is 21.9 Å². The van der Waals surface area contributed by atoms with Crippen molar-refractivity contribution in [1.29, 1.82) is 0 Å². The summed E-state index contributed by atoms with van der Waals surface area (Å²) in [5.41, 5.74) is -0.0724. The molecule has 1 aromatic heterocycles. The number of hydrogen-bond acceptors (Lipinski definition) is 4. The largest absolute Gasteiger partial charge is 0.352 e. The fourth-order valence-corrected chi connectivity index (χ4v) is 4.20. The van der Waals surface area contributed by atoms with E-state index in [0.717, 1.165) is 28.2 Å². The highest BCUT2D eigenvalue weighted by Crippen LogP contribution is 2.41. The molecule has 0 bridgehead atoms. The first-order valence-electron chi connectivity index (χ1n) is 7.44. The topological polar surface area (TPSA) is 78.5 Å². The van der Waals surface area contributed by atoms with Gasteiger partial charge in [-0.05, 0) is 44.6 Å². The molecule has 2 aliphatic rings. The van der Waals surface area contributed by atoms with Gasteiger partial charge in [0.25, 0.3) is 5.91 Å². The zero-order chi connectivity index (χ0) is 15.9. The Balaban J connectivity index is 1.85. The normalized spacial score (nSPS) is 23.9. The maximum atomic E-state index is 12.8. The van der Waals surface area contributed by atoms with Crippen LogP contribution in [0.4, 0.5) is 4.79 Å². The monoisotopic (exact) mass is 321 g/mol. The zero-order valence-electron chi connectivity index (χ0n) is 12.6. The highest BCUT2D eigenvalue weighted by atomic mass is 32.1. The van der Waals surface area contributed by atoms with E-state index in [9.17, 15) is 14.4 Å². The summed E-state index contributed by atoms with van der Waals surface area (Å²) in [4.78, 5) is 39.1. The molecule has 22 heavy (non-hydrogen) atoms. The maximum absolute atomic E-state index is 12.8. The molecule has 1 saturated heterocycles. The summed E-state index contributed by atoms with van der Waals surface area (Å²) in [7, 11) is 0. The van der Waals surface area contributed by atoms with Crippen LogP contribution >= 0.6 is 11.3 Å². The van der Waals surface area contributed by atoms with Gasteiger partial charge in [0.2, 0.25) is 5.91 Å². The molecule has 1 aliphatic heterocycles. The molecule has 1 aromatic rings. The third-order valence-corrected chi connectivity index (χ3v) is 5.07. The minimum absolute atomic E-state index is 0.0274. The molecule has 1 aliphatic carbocycles. The second-order valence-electron chi connectivity index (χ2n) is 6.06. The fourth-order valence-electron chi connectivity index (χ4n) is 3.20. The zero-order valence-corrected chi connectivity index (χ0v) is 13.5. The molecule has 0 radical (unpaired) electrons. The Morgan fingerprint density at radius 2 is 2.27 bits per heavy atom. The summed E-state index contributed by atoms with van der Waals surface area (Å²) in [5.74, 6) is -0.632. The third-order valence-electron chi connectivity index (χ3n) is 4.09. The van der Waals surface area contributed by atoms with Gasteiger partial charge in [0.15, 0.2) is 0 Å². The number of imide groups is 1. The molecule has 7 heteroatoms. The van der Waals surface area contributed by atoms with Crippen LogP contribution in [0.1, 0.15) is 37.1 Å². The van der Waals surface area contributed by atoms with Crippen molar-refractivity contribution in [2.75, 3.05) is 6.54 Å². The van der Waals surface area contributed by atoms with Gasteiger partial charge in [0.05, 0.1) is 0 Å². The van der Waals surface area contributed by atoms with E-state index in [-0.39, 0.29) is 24.4 Å². The summed E-state index contributed by atoms with van der Waals surface area (Å²) in [6.07, 6.45) is 2.38. The van der Waals surface area contributed by atoms with Crippen LogP contribution in [0.15, 0.2) is 11.4 Å². The Morgan fingerprint density at radius 1 is 1.50 bits per heavy atom. The number of urea groups is 1. The first-order chi connectivity index (χ1) is 10.4. The van der Waals surface area contributed by atoms with E-state index in [4.69, 9.17) is 0 Å². The van der Waals surface area contributed by atoms with Gasteiger partial charge in [-0.15, -0.1) is 11.3 Å². The molecule has 0 saturated carbocycles. The van der Waals surface area contributed by atoms with Crippen LogP contribution in [0.3, 0.4) is 0 Å². The van der Waals surface area contributed by atoms with Gasteiger partial charge in [0, 0.05) is 16.5 Å². The average molecular weight is 321 g/mol. The minimum Gasteiger partial charge on any atom is -0.352 e. The van der Waals surface area contributed by atoms with Gasteiger partial charge in [-0.2, -0.15) is 0 Å². The standard InChI is InChI=1S/C15H19N3O3S/c1-9(2)16-12(19)8-18-13(20)15(17-14(18)21)6-3-4-11-10(15)5-7-22-11/h5,7,9H,3-4,6,8H2,1-2H3,(H,16,19)(H,17,21)/t15-/m1/s1. The van der Waals surface area contributed by atoms with Crippen LogP contribution in [0, 0.1) is 0 Å². The van der Waals surface area contributed by atoms with E-state index < -0.39 is 11.6 Å². The number of aryl methyl sites for hydroxylation is 1. The van der Waals surface area contributed by atoms with Crippen molar-refractivity contribution in [2.24, 2.45) is 0 Å². The molecular formula is C15H19N3O3S. The van der Waals surface area contributed by atoms with E-state index >= 15 is 0 Å². The van der Waals surface area contributed by atoms with Crippen LogP contribution in [-0.4, -0.2) is 35.3 Å². The van der Waals surface area contributed by atoms with Crippen molar-refractivity contribution < 1.29 is 14.4 Å². The van der Waals surface area contributed by atoms with Gasteiger partial charge in [0.1, 0.15) is 12.1 Å². The summed E-state index contributed by atoms with van der Waals surface area (Å²) in [6, 6.07) is 1.40. The molecule has 3 rings (SSSR count). The highest BCUT2D eigenvalue weighted by molar-refractivity contribution is 7.10. The Bertz CT molecular complexity index is 640. The third kappa shape index (κ3) is 2.29. The predicted octanol–water partition coefficient (Wildman–Crippen LogP) is 1.36. The number of carbonyl (C=O) groups excluding carboxylic acids is 3. The molecule has 1 atom stereocenters. The smallest absolute Gasteiger partial charge is 0.325 e. The summed E-state index contributed by atoms with van der Waals surface area (Å²) >= 11 is 1.61. The van der Waals surface area contributed by atoms with Crippen molar-refractivity contribution in [2.45, 2.75) is 44.7 Å². The number of hydrogen-bond donors (Lipinski definition) is 2.